The summed E-state index contributed by atoms with van der Waals surface area (Å²) < 4.78 is 26.1. The van der Waals surface area contributed by atoms with E-state index >= 15 is 0 Å². The van der Waals surface area contributed by atoms with E-state index in [0.29, 0.717) is 22.7 Å². The Morgan fingerprint density at radius 2 is 1.75 bits per heavy atom. The number of halogens is 1. The first-order valence-corrected chi connectivity index (χ1v) is 15.6. The number of fused-ring (bicyclic) bond motifs is 1. The van der Waals surface area contributed by atoms with Crippen LogP contribution in [0.3, 0.4) is 0 Å². The lowest BCUT2D eigenvalue weighted by atomic mass is 9.95. The molecule has 40 heavy (non-hydrogen) atoms. The average Bonchev–Trinajstić information content (AvgIpc) is 3.30. The largest absolute Gasteiger partial charge is 0.348 e. The minimum absolute atomic E-state index is 0.0941. The topological polar surface area (TPSA) is 118 Å². The molecular weight excluding hydrogens is 568 g/mol. The Bertz CT molecular complexity index is 1690. The standard InChI is InChI=1S/C29H27ClN4O4S2/c1-18-8-7-11-20(14-18)17-40(37,38)29-32-16-22(30)25(33-29)27(36)34-28-24(21-12-5-6-13-23(21)39-28)26(35)31-15-19-9-3-2-4-10-19/h2-4,7-11,14,16H,5-6,12-13,15,17H2,1H3,(H,31,35)(H,34,36). The normalized spacial score (nSPS) is 12.9. The molecular formula is C29H27ClN4O4S2. The molecule has 206 valence electrons. The van der Waals surface area contributed by atoms with Crippen molar-refractivity contribution in [1.82, 2.24) is 15.3 Å². The third-order valence-electron chi connectivity index (χ3n) is 6.58. The molecule has 0 atom stereocenters. The molecule has 0 aliphatic heterocycles. The lowest BCUT2D eigenvalue weighted by molar-refractivity contribution is 0.0951. The number of nitrogens with one attached hydrogen (secondary N) is 2. The minimum atomic E-state index is -3.96. The number of hydrogen-bond donors (Lipinski definition) is 2. The van der Waals surface area contributed by atoms with E-state index in [0.717, 1.165) is 53.4 Å². The first-order chi connectivity index (χ1) is 19.2. The summed E-state index contributed by atoms with van der Waals surface area (Å²) in [5.41, 5.74) is 3.56. The molecule has 11 heteroatoms. The number of amides is 2. The predicted molar refractivity (Wildman–Crippen MR) is 156 cm³/mol. The van der Waals surface area contributed by atoms with Crippen LogP contribution in [0.4, 0.5) is 5.00 Å². The van der Waals surface area contributed by atoms with Crippen molar-refractivity contribution in [3.8, 4) is 0 Å². The second kappa shape index (κ2) is 11.9. The number of benzene rings is 2. The summed E-state index contributed by atoms with van der Waals surface area (Å²) in [5, 5.41) is 5.55. The molecule has 0 saturated carbocycles. The molecule has 2 aromatic heterocycles. The number of hydrogen-bond acceptors (Lipinski definition) is 7. The van der Waals surface area contributed by atoms with Gasteiger partial charge >= 0.3 is 0 Å². The molecule has 2 aromatic carbocycles. The smallest absolute Gasteiger partial charge is 0.276 e. The fourth-order valence-corrected chi connectivity index (χ4v) is 7.32. The van der Waals surface area contributed by atoms with E-state index in [1.165, 1.54) is 11.3 Å². The number of nitrogens with zero attached hydrogens (tertiary/aromatic N) is 2. The van der Waals surface area contributed by atoms with E-state index in [4.69, 9.17) is 11.6 Å². The number of thiophene rings is 1. The quantitative estimate of drug-likeness (QED) is 0.259. The fraction of sp³-hybridized carbons (Fsp3) is 0.241. The van der Waals surface area contributed by atoms with E-state index in [2.05, 4.69) is 20.6 Å². The molecule has 1 aliphatic rings. The van der Waals surface area contributed by atoms with Gasteiger partial charge in [0, 0.05) is 11.4 Å². The van der Waals surface area contributed by atoms with Crippen LogP contribution in [-0.2, 0) is 35.0 Å². The minimum Gasteiger partial charge on any atom is -0.348 e. The summed E-state index contributed by atoms with van der Waals surface area (Å²) in [6.45, 7) is 2.22. The summed E-state index contributed by atoms with van der Waals surface area (Å²) in [5.74, 6) is -1.32. The van der Waals surface area contributed by atoms with Crippen LogP contribution >= 0.6 is 22.9 Å². The van der Waals surface area contributed by atoms with Crippen LogP contribution in [0.1, 0.15) is 60.8 Å². The molecule has 0 unspecified atom stereocenters. The van der Waals surface area contributed by atoms with E-state index in [1.807, 2.05) is 43.3 Å². The van der Waals surface area contributed by atoms with E-state index in [-0.39, 0.29) is 22.4 Å². The maximum atomic E-state index is 13.4. The van der Waals surface area contributed by atoms with Gasteiger partial charge < -0.3 is 10.6 Å². The van der Waals surface area contributed by atoms with Gasteiger partial charge in [-0.05, 0) is 49.3 Å². The summed E-state index contributed by atoms with van der Waals surface area (Å²) in [7, 11) is -3.96. The van der Waals surface area contributed by atoms with Gasteiger partial charge in [-0.3, -0.25) is 9.59 Å². The van der Waals surface area contributed by atoms with Crippen molar-refractivity contribution >= 4 is 49.6 Å². The van der Waals surface area contributed by atoms with Crippen LogP contribution in [0.5, 0.6) is 0 Å². The maximum Gasteiger partial charge on any atom is 0.276 e. The third-order valence-corrected chi connectivity index (χ3v) is 9.53. The van der Waals surface area contributed by atoms with Crippen molar-refractivity contribution in [1.29, 1.82) is 0 Å². The van der Waals surface area contributed by atoms with Crippen LogP contribution in [0.2, 0.25) is 5.02 Å². The number of sulfone groups is 1. The predicted octanol–water partition coefficient (Wildman–Crippen LogP) is 5.53. The molecule has 0 bridgehead atoms. The van der Waals surface area contributed by atoms with Crippen LogP contribution in [0.15, 0.2) is 66.0 Å². The highest BCUT2D eigenvalue weighted by Crippen LogP contribution is 2.38. The van der Waals surface area contributed by atoms with Gasteiger partial charge in [-0.1, -0.05) is 71.8 Å². The molecule has 0 radical (unpaired) electrons. The third kappa shape index (κ3) is 6.24. The summed E-state index contributed by atoms with van der Waals surface area (Å²) >= 11 is 7.61. The molecule has 0 saturated heterocycles. The highest BCUT2D eigenvalue weighted by molar-refractivity contribution is 7.90. The number of aryl methyl sites for hydroxylation is 2. The van der Waals surface area contributed by atoms with Crippen molar-refractivity contribution in [2.45, 2.75) is 50.1 Å². The van der Waals surface area contributed by atoms with Crippen LogP contribution in [0.25, 0.3) is 0 Å². The fourth-order valence-electron chi connectivity index (χ4n) is 4.67. The van der Waals surface area contributed by atoms with Crippen LogP contribution in [0, 0.1) is 6.92 Å². The van der Waals surface area contributed by atoms with Gasteiger partial charge in [0.2, 0.25) is 15.0 Å². The average molecular weight is 595 g/mol. The number of rotatable bonds is 8. The highest BCUT2D eigenvalue weighted by Gasteiger charge is 2.28. The monoisotopic (exact) mass is 594 g/mol. The molecule has 8 nitrogen and oxygen atoms in total. The maximum absolute atomic E-state index is 13.4. The molecule has 2 amide bonds. The van der Waals surface area contributed by atoms with Gasteiger partial charge in [-0.25, -0.2) is 18.4 Å². The van der Waals surface area contributed by atoms with Gasteiger partial charge in [-0.2, -0.15) is 0 Å². The van der Waals surface area contributed by atoms with Gasteiger partial charge in [0.05, 0.1) is 22.5 Å². The summed E-state index contributed by atoms with van der Waals surface area (Å²) in [6.07, 6.45) is 4.64. The van der Waals surface area contributed by atoms with Crippen molar-refractivity contribution in [2.75, 3.05) is 5.32 Å². The molecule has 1 aliphatic carbocycles. The van der Waals surface area contributed by atoms with Gasteiger partial charge in [-0.15, -0.1) is 11.3 Å². The van der Waals surface area contributed by atoms with Crippen molar-refractivity contribution < 1.29 is 18.0 Å². The van der Waals surface area contributed by atoms with Gasteiger partial charge in [0.25, 0.3) is 11.8 Å². The lowest BCUT2D eigenvalue weighted by Crippen LogP contribution is -2.26. The second-order valence-electron chi connectivity index (χ2n) is 9.63. The molecule has 5 rings (SSSR count). The van der Waals surface area contributed by atoms with Crippen LogP contribution in [-0.4, -0.2) is 30.2 Å². The number of anilines is 1. The number of carbonyl (C=O) groups excluding carboxylic acids is 2. The second-order valence-corrected chi connectivity index (χ2v) is 13.0. The zero-order chi connectivity index (χ0) is 28.3. The SMILES string of the molecule is Cc1cccc(CS(=O)(=O)c2ncc(Cl)c(C(=O)Nc3sc4c(c3C(=O)NCc3ccccc3)CCCC4)n2)c1. The Hall–Kier alpha value is -3.60. The van der Waals surface area contributed by atoms with E-state index < -0.39 is 20.9 Å². The number of carbonyl (C=O) groups is 2. The molecule has 0 spiro atoms. The Morgan fingerprint density at radius 3 is 2.52 bits per heavy atom. The van der Waals surface area contributed by atoms with Crippen molar-refractivity contribution in [2.24, 2.45) is 0 Å². The molecule has 4 aromatic rings. The van der Waals surface area contributed by atoms with Crippen LogP contribution < -0.4 is 10.6 Å². The van der Waals surface area contributed by atoms with Crippen molar-refractivity contribution in [3.63, 3.8) is 0 Å². The zero-order valence-electron chi connectivity index (χ0n) is 21.7. The Labute approximate surface area is 241 Å². The summed E-state index contributed by atoms with van der Waals surface area (Å²) in [6, 6.07) is 16.7. The molecule has 2 N–H and O–H groups in total. The highest BCUT2D eigenvalue weighted by atomic mass is 35.5. The number of aromatic nitrogens is 2. The zero-order valence-corrected chi connectivity index (χ0v) is 24.1. The Balaban J connectivity index is 1.41. The Morgan fingerprint density at radius 1 is 1.00 bits per heavy atom. The summed E-state index contributed by atoms with van der Waals surface area (Å²) in [4.78, 5) is 35.7. The van der Waals surface area contributed by atoms with Gasteiger partial charge in [0.1, 0.15) is 5.00 Å². The first kappa shape index (κ1) is 27.9. The van der Waals surface area contributed by atoms with E-state index in [9.17, 15) is 18.0 Å². The van der Waals surface area contributed by atoms with E-state index in [1.54, 1.807) is 18.2 Å². The van der Waals surface area contributed by atoms with Crippen molar-refractivity contribution in [3.05, 3.63) is 104 Å². The molecule has 2 heterocycles. The van der Waals surface area contributed by atoms with Gasteiger partial charge in [0.15, 0.2) is 5.69 Å². The molecule has 0 fully saturated rings. The Kier molecular flexibility index (Phi) is 8.30. The lowest BCUT2D eigenvalue weighted by Gasteiger charge is -2.13. The first-order valence-electron chi connectivity index (χ1n) is 12.8.